The number of rotatable bonds is 1. The molecule has 0 atom stereocenters. The SMILES string of the molecule is Clc1ccc2ccn(-c3cccnc3)c2c1. The van der Waals surface area contributed by atoms with Gasteiger partial charge in [-0.2, -0.15) is 0 Å². The molecule has 3 aromatic rings. The van der Waals surface area contributed by atoms with Gasteiger partial charge in [-0.3, -0.25) is 4.98 Å². The van der Waals surface area contributed by atoms with Crippen molar-refractivity contribution in [2.75, 3.05) is 0 Å². The van der Waals surface area contributed by atoms with E-state index in [1.54, 1.807) is 6.20 Å². The number of hydrogen-bond acceptors (Lipinski definition) is 1. The molecule has 0 aliphatic rings. The molecular formula is C13H9ClN2. The predicted octanol–water partition coefficient (Wildman–Crippen LogP) is 3.68. The minimum Gasteiger partial charge on any atom is -0.315 e. The monoisotopic (exact) mass is 228 g/mol. The fourth-order valence-corrected chi connectivity index (χ4v) is 1.99. The molecule has 78 valence electrons. The zero-order chi connectivity index (χ0) is 11.0. The molecule has 0 saturated carbocycles. The summed E-state index contributed by atoms with van der Waals surface area (Å²) in [5, 5.41) is 1.92. The highest BCUT2D eigenvalue weighted by Crippen LogP contribution is 2.23. The van der Waals surface area contributed by atoms with Crippen molar-refractivity contribution in [1.82, 2.24) is 9.55 Å². The van der Waals surface area contributed by atoms with Crippen molar-refractivity contribution in [1.29, 1.82) is 0 Å². The predicted molar refractivity (Wildman–Crippen MR) is 66.1 cm³/mol. The van der Waals surface area contributed by atoms with E-state index in [0.717, 1.165) is 16.2 Å². The first-order chi connectivity index (χ1) is 7.84. The molecule has 1 aromatic carbocycles. The molecule has 2 nitrogen and oxygen atoms in total. The van der Waals surface area contributed by atoms with E-state index < -0.39 is 0 Å². The average Bonchev–Trinajstić information content (AvgIpc) is 2.73. The van der Waals surface area contributed by atoms with Crippen molar-refractivity contribution in [3.8, 4) is 5.69 Å². The molecule has 0 spiro atoms. The number of halogens is 1. The van der Waals surface area contributed by atoms with Crippen LogP contribution >= 0.6 is 11.6 Å². The maximum Gasteiger partial charge on any atom is 0.0639 e. The molecule has 0 radical (unpaired) electrons. The molecule has 2 heterocycles. The lowest BCUT2D eigenvalue weighted by Crippen LogP contribution is -1.91. The third kappa shape index (κ3) is 1.48. The number of pyridine rings is 1. The summed E-state index contributed by atoms with van der Waals surface area (Å²) in [5.41, 5.74) is 2.14. The Labute approximate surface area is 98.1 Å². The van der Waals surface area contributed by atoms with Gasteiger partial charge in [0.2, 0.25) is 0 Å². The summed E-state index contributed by atoms with van der Waals surface area (Å²) in [4.78, 5) is 4.12. The highest BCUT2D eigenvalue weighted by atomic mass is 35.5. The van der Waals surface area contributed by atoms with Gasteiger partial charge >= 0.3 is 0 Å². The lowest BCUT2D eigenvalue weighted by molar-refractivity contribution is 1.10. The Morgan fingerprint density at radius 1 is 1.12 bits per heavy atom. The second-order valence-corrected chi connectivity index (χ2v) is 4.04. The van der Waals surface area contributed by atoms with Gasteiger partial charge in [-0.25, -0.2) is 0 Å². The van der Waals surface area contributed by atoms with Crippen molar-refractivity contribution in [2.45, 2.75) is 0 Å². The molecule has 0 fully saturated rings. The first-order valence-corrected chi connectivity index (χ1v) is 5.39. The van der Waals surface area contributed by atoms with Crippen molar-refractivity contribution in [3.63, 3.8) is 0 Å². The summed E-state index contributed by atoms with van der Waals surface area (Å²) in [7, 11) is 0. The van der Waals surface area contributed by atoms with Crippen LogP contribution in [0.1, 0.15) is 0 Å². The Bertz CT molecular complexity index is 629. The number of aromatic nitrogens is 2. The fraction of sp³-hybridized carbons (Fsp3) is 0. The molecule has 0 bridgehead atoms. The van der Waals surface area contributed by atoms with Crippen LogP contribution in [-0.4, -0.2) is 9.55 Å². The Kier molecular flexibility index (Phi) is 2.15. The first-order valence-electron chi connectivity index (χ1n) is 5.01. The Balaban J connectivity index is 2.29. The van der Waals surface area contributed by atoms with E-state index >= 15 is 0 Å². The summed E-state index contributed by atoms with van der Waals surface area (Å²) in [6.45, 7) is 0. The van der Waals surface area contributed by atoms with Gasteiger partial charge in [0.25, 0.3) is 0 Å². The second kappa shape index (κ2) is 3.65. The molecule has 3 rings (SSSR count). The zero-order valence-corrected chi connectivity index (χ0v) is 9.22. The smallest absolute Gasteiger partial charge is 0.0639 e. The summed E-state index contributed by atoms with van der Waals surface area (Å²) in [5.74, 6) is 0. The fourth-order valence-electron chi connectivity index (χ4n) is 1.82. The van der Waals surface area contributed by atoms with Gasteiger partial charge in [-0.05, 0) is 30.3 Å². The molecule has 0 aliphatic carbocycles. The molecule has 0 N–H and O–H groups in total. The Hall–Kier alpha value is -1.80. The van der Waals surface area contributed by atoms with Gasteiger partial charge in [0.15, 0.2) is 0 Å². The number of fused-ring (bicyclic) bond motifs is 1. The van der Waals surface area contributed by atoms with E-state index in [4.69, 9.17) is 11.6 Å². The van der Waals surface area contributed by atoms with Crippen LogP contribution < -0.4 is 0 Å². The number of benzene rings is 1. The van der Waals surface area contributed by atoms with Gasteiger partial charge in [-0.1, -0.05) is 17.7 Å². The van der Waals surface area contributed by atoms with Crippen LogP contribution in [0.3, 0.4) is 0 Å². The van der Waals surface area contributed by atoms with Crippen LogP contribution in [0.4, 0.5) is 0 Å². The van der Waals surface area contributed by atoms with Crippen molar-refractivity contribution in [2.24, 2.45) is 0 Å². The first kappa shape index (κ1) is 9.43. The van der Waals surface area contributed by atoms with E-state index in [0.29, 0.717) is 0 Å². The van der Waals surface area contributed by atoms with Gasteiger partial charge in [0.05, 0.1) is 17.4 Å². The van der Waals surface area contributed by atoms with Crippen molar-refractivity contribution >= 4 is 22.5 Å². The van der Waals surface area contributed by atoms with Crippen LogP contribution in [0.2, 0.25) is 5.02 Å². The van der Waals surface area contributed by atoms with E-state index in [1.807, 2.05) is 42.7 Å². The summed E-state index contributed by atoms with van der Waals surface area (Å²) >= 11 is 6.01. The normalized spacial score (nSPS) is 10.8. The zero-order valence-electron chi connectivity index (χ0n) is 8.47. The number of hydrogen-bond donors (Lipinski definition) is 0. The third-order valence-corrected chi connectivity index (χ3v) is 2.81. The molecule has 0 saturated heterocycles. The molecular weight excluding hydrogens is 220 g/mol. The summed E-state index contributed by atoms with van der Waals surface area (Å²) in [6, 6.07) is 11.9. The van der Waals surface area contributed by atoms with Crippen molar-refractivity contribution < 1.29 is 0 Å². The van der Waals surface area contributed by atoms with Gasteiger partial charge in [-0.15, -0.1) is 0 Å². The van der Waals surface area contributed by atoms with Crippen LogP contribution in [0.15, 0.2) is 55.0 Å². The van der Waals surface area contributed by atoms with E-state index in [2.05, 4.69) is 15.6 Å². The average molecular weight is 229 g/mol. The minimum atomic E-state index is 0.747. The lowest BCUT2D eigenvalue weighted by Gasteiger charge is -2.04. The third-order valence-electron chi connectivity index (χ3n) is 2.58. The maximum atomic E-state index is 6.01. The quantitative estimate of drug-likeness (QED) is 0.621. The van der Waals surface area contributed by atoms with E-state index in [9.17, 15) is 0 Å². The van der Waals surface area contributed by atoms with Crippen LogP contribution in [0.25, 0.3) is 16.6 Å². The molecule has 0 aliphatic heterocycles. The minimum absolute atomic E-state index is 0.747. The highest BCUT2D eigenvalue weighted by Gasteiger charge is 2.03. The van der Waals surface area contributed by atoms with Crippen LogP contribution in [0.5, 0.6) is 0 Å². The maximum absolute atomic E-state index is 6.01. The Morgan fingerprint density at radius 2 is 2.06 bits per heavy atom. The second-order valence-electron chi connectivity index (χ2n) is 3.60. The molecule has 3 heteroatoms. The summed E-state index contributed by atoms with van der Waals surface area (Å²) in [6.07, 6.45) is 5.63. The molecule has 2 aromatic heterocycles. The van der Waals surface area contributed by atoms with Crippen LogP contribution in [0, 0.1) is 0 Å². The van der Waals surface area contributed by atoms with Crippen LogP contribution in [-0.2, 0) is 0 Å². The van der Waals surface area contributed by atoms with Gasteiger partial charge < -0.3 is 4.57 Å². The molecule has 16 heavy (non-hydrogen) atoms. The van der Waals surface area contributed by atoms with Crippen molar-refractivity contribution in [3.05, 3.63) is 60.0 Å². The molecule has 0 unspecified atom stereocenters. The van der Waals surface area contributed by atoms with Gasteiger partial charge in [0, 0.05) is 22.8 Å². The highest BCUT2D eigenvalue weighted by molar-refractivity contribution is 6.31. The summed E-state index contributed by atoms with van der Waals surface area (Å²) < 4.78 is 2.08. The number of nitrogens with zero attached hydrogens (tertiary/aromatic N) is 2. The standard InChI is InChI=1S/C13H9ClN2/c14-11-4-3-10-5-7-16(13(10)8-11)12-2-1-6-15-9-12/h1-9H. The lowest BCUT2D eigenvalue weighted by atomic mass is 10.2. The largest absolute Gasteiger partial charge is 0.315 e. The van der Waals surface area contributed by atoms with Gasteiger partial charge in [0.1, 0.15) is 0 Å². The Morgan fingerprint density at radius 3 is 2.88 bits per heavy atom. The topological polar surface area (TPSA) is 17.8 Å². The van der Waals surface area contributed by atoms with E-state index in [1.165, 1.54) is 5.39 Å². The molecule has 0 amide bonds. The van der Waals surface area contributed by atoms with E-state index in [-0.39, 0.29) is 0 Å².